The molecular weight excluding hydrogens is 270 g/mol. The van der Waals surface area contributed by atoms with Gasteiger partial charge in [0, 0.05) is 6.54 Å². The molecule has 3 N–H and O–H groups in total. The van der Waals surface area contributed by atoms with Crippen molar-refractivity contribution in [2.45, 2.75) is 66.4 Å². The molecule has 0 unspecified atom stereocenters. The Balaban J connectivity index is 2.56. The van der Waals surface area contributed by atoms with E-state index in [1.807, 2.05) is 13.8 Å². The first kappa shape index (κ1) is 17.1. The van der Waals surface area contributed by atoms with E-state index in [0.29, 0.717) is 11.6 Å². The third-order valence-electron chi connectivity index (χ3n) is 3.21. The minimum atomic E-state index is 0.104. The highest BCUT2D eigenvalue weighted by Crippen LogP contribution is 2.37. The Morgan fingerprint density at radius 2 is 2.05 bits per heavy atom. The second-order valence-corrected chi connectivity index (χ2v) is 7.14. The molecule has 0 aliphatic carbocycles. The van der Waals surface area contributed by atoms with E-state index < -0.39 is 0 Å². The van der Waals surface area contributed by atoms with Crippen LogP contribution in [0.25, 0.3) is 0 Å². The molecule has 116 valence electrons. The van der Waals surface area contributed by atoms with Crippen molar-refractivity contribution in [3.63, 3.8) is 0 Å². The summed E-state index contributed by atoms with van der Waals surface area (Å²) in [7, 11) is 0. The van der Waals surface area contributed by atoms with E-state index in [1.54, 1.807) is 0 Å². The average molecular weight is 299 g/mol. The van der Waals surface area contributed by atoms with Crippen LogP contribution in [-0.2, 0) is 0 Å². The zero-order valence-corrected chi connectivity index (χ0v) is 14.3. The SMILES string of the molecule is CCCCCC(C)(C)CNc1snc(N)c1OC(C)C. The minimum Gasteiger partial charge on any atom is -0.484 e. The summed E-state index contributed by atoms with van der Waals surface area (Å²) >= 11 is 1.38. The number of anilines is 2. The van der Waals surface area contributed by atoms with Gasteiger partial charge in [0.25, 0.3) is 0 Å². The van der Waals surface area contributed by atoms with Gasteiger partial charge in [-0.2, -0.15) is 4.37 Å². The van der Waals surface area contributed by atoms with Crippen molar-refractivity contribution in [3.8, 4) is 5.75 Å². The maximum atomic E-state index is 5.86. The Morgan fingerprint density at radius 1 is 1.35 bits per heavy atom. The summed E-state index contributed by atoms with van der Waals surface area (Å²) in [6.45, 7) is 11.7. The Kier molecular flexibility index (Phi) is 6.59. The number of hydrogen-bond acceptors (Lipinski definition) is 5. The number of ether oxygens (including phenoxy) is 1. The van der Waals surface area contributed by atoms with Crippen LogP contribution in [0.1, 0.15) is 60.3 Å². The number of hydrogen-bond donors (Lipinski definition) is 2. The predicted molar refractivity (Wildman–Crippen MR) is 88.7 cm³/mol. The topological polar surface area (TPSA) is 60.2 Å². The maximum absolute atomic E-state index is 5.86. The fourth-order valence-corrected chi connectivity index (χ4v) is 2.66. The summed E-state index contributed by atoms with van der Waals surface area (Å²) in [4.78, 5) is 0. The largest absolute Gasteiger partial charge is 0.484 e. The van der Waals surface area contributed by atoms with Crippen molar-refractivity contribution < 1.29 is 4.74 Å². The zero-order chi connectivity index (χ0) is 15.2. The summed E-state index contributed by atoms with van der Waals surface area (Å²) in [6.07, 6.45) is 5.18. The molecule has 20 heavy (non-hydrogen) atoms. The molecule has 0 aromatic carbocycles. The second kappa shape index (κ2) is 7.72. The van der Waals surface area contributed by atoms with Gasteiger partial charge < -0.3 is 15.8 Å². The number of nitrogen functional groups attached to an aromatic ring is 1. The summed E-state index contributed by atoms with van der Waals surface area (Å²) in [5, 5.41) is 4.40. The first-order valence-electron chi connectivity index (χ1n) is 7.51. The smallest absolute Gasteiger partial charge is 0.197 e. The van der Waals surface area contributed by atoms with Gasteiger partial charge in [0.05, 0.1) is 6.10 Å². The third kappa shape index (κ3) is 5.57. The van der Waals surface area contributed by atoms with E-state index in [2.05, 4.69) is 30.5 Å². The molecule has 5 heteroatoms. The molecule has 0 spiro atoms. The van der Waals surface area contributed by atoms with Crippen LogP contribution in [0, 0.1) is 5.41 Å². The molecule has 1 aromatic rings. The van der Waals surface area contributed by atoms with Gasteiger partial charge in [-0.1, -0.05) is 40.0 Å². The fraction of sp³-hybridized carbons (Fsp3) is 0.800. The molecule has 0 amide bonds. The molecule has 1 rings (SSSR count). The Morgan fingerprint density at radius 3 is 2.65 bits per heavy atom. The van der Waals surface area contributed by atoms with Gasteiger partial charge in [0.15, 0.2) is 16.6 Å². The summed E-state index contributed by atoms with van der Waals surface area (Å²) in [5.74, 6) is 1.18. The minimum absolute atomic E-state index is 0.104. The van der Waals surface area contributed by atoms with Crippen LogP contribution in [-0.4, -0.2) is 17.0 Å². The molecule has 0 bridgehead atoms. The monoisotopic (exact) mass is 299 g/mol. The number of nitrogens with two attached hydrogens (primary N) is 1. The van der Waals surface area contributed by atoms with Gasteiger partial charge in [0.2, 0.25) is 0 Å². The van der Waals surface area contributed by atoms with Crippen molar-refractivity contribution in [1.82, 2.24) is 4.37 Å². The molecule has 4 nitrogen and oxygen atoms in total. The standard InChI is InChI=1S/C15H29N3OS/c1-6-7-8-9-15(4,5)10-17-14-12(19-11(2)3)13(16)18-20-14/h11,17H,6-10H2,1-5H3,(H2,16,18). The van der Waals surface area contributed by atoms with Crippen LogP contribution < -0.4 is 15.8 Å². The number of nitrogens with one attached hydrogen (secondary N) is 1. The van der Waals surface area contributed by atoms with Crippen LogP contribution >= 0.6 is 11.5 Å². The number of aromatic nitrogens is 1. The highest BCUT2D eigenvalue weighted by Gasteiger charge is 2.20. The highest BCUT2D eigenvalue weighted by molar-refractivity contribution is 7.11. The molecule has 0 aliphatic rings. The lowest BCUT2D eigenvalue weighted by Gasteiger charge is -2.25. The van der Waals surface area contributed by atoms with Crippen molar-refractivity contribution in [2.75, 3.05) is 17.6 Å². The van der Waals surface area contributed by atoms with E-state index in [9.17, 15) is 0 Å². The predicted octanol–water partition coefficient (Wildman–Crippen LogP) is 4.53. The molecule has 0 saturated carbocycles. The molecule has 0 saturated heterocycles. The van der Waals surface area contributed by atoms with Crippen molar-refractivity contribution in [2.24, 2.45) is 5.41 Å². The summed E-state index contributed by atoms with van der Waals surface area (Å²) in [5.41, 5.74) is 6.13. The second-order valence-electron chi connectivity index (χ2n) is 6.37. The highest BCUT2D eigenvalue weighted by atomic mass is 32.1. The van der Waals surface area contributed by atoms with E-state index in [1.165, 1.54) is 37.2 Å². The van der Waals surface area contributed by atoms with Crippen molar-refractivity contribution in [3.05, 3.63) is 0 Å². The van der Waals surface area contributed by atoms with Gasteiger partial charge >= 0.3 is 0 Å². The number of rotatable bonds is 9. The first-order chi connectivity index (χ1) is 9.35. The summed E-state index contributed by atoms with van der Waals surface area (Å²) in [6, 6.07) is 0. The van der Waals surface area contributed by atoms with Gasteiger partial charge in [-0.15, -0.1) is 0 Å². The lowest BCUT2D eigenvalue weighted by Crippen LogP contribution is -2.23. The Hall–Kier alpha value is -0.970. The van der Waals surface area contributed by atoms with Gasteiger partial charge in [0.1, 0.15) is 0 Å². The lowest BCUT2D eigenvalue weighted by molar-refractivity contribution is 0.245. The Bertz CT molecular complexity index is 402. The zero-order valence-electron chi connectivity index (χ0n) is 13.5. The molecule has 0 aliphatic heterocycles. The van der Waals surface area contributed by atoms with E-state index >= 15 is 0 Å². The molecule has 1 aromatic heterocycles. The third-order valence-corrected chi connectivity index (χ3v) is 4.01. The van der Waals surface area contributed by atoms with Crippen molar-refractivity contribution in [1.29, 1.82) is 0 Å². The van der Waals surface area contributed by atoms with E-state index in [0.717, 1.165) is 11.5 Å². The lowest BCUT2D eigenvalue weighted by atomic mass is 9.87. The van der Waals surface area contributed by atoms with Crippen LogP contribution in [0.2, 0.25) is 0 Å². The first-order valence-corrected chi connectivity index (χ1v) is 8.28. The summed E-state index contributed by atoms with van der Waals surface area (Å²) < 4.78 is 9.92. The van der Waals surface area contributed by atoms with Crippen LogP contribution in [0.15, 0.2) is 0 Å². The van der Waals surface area contributed by atoms with Gasteiger partial charge in [-0.05, 0) is 37.2 Å². The van der Waals surface area contributed by atoms with Crippen molar-refractivity contribution >= 4 is 22.4 Å². The quantitative estimate of drug-likeness (QED) is 0.658. The van der Waals surface area contributed by atoms with Crippen LogP contribution in [0.3, 0.4) is 0 Å². The average Bonchev–Trinajstić information content (AvgIpc) is 2.68. The van der Waals surface area contributed by atoms with E-state index in [4.69, 9.17) is 10.5 Å². The molecule has 0 radical (unpaired) electrons. The van der Waals surface area contributed by atoms with Gasteiger partial charge in [-0.3, -0.25) is 0 Å². The molecule has 0 atom stereocenters. The van der Waals surface area contributed by atoms with Crippen LogP contribution in [0.5, 0.6) is 5.75 Å². The van der Waals surface area contributed by atoms with E-state index in [-0.39, 0.29) is 11.5 Å². The Labute approximate surface area is 127 Å². The normalized spacial score (nSPS) is 11.9. The molecule has 1 heterocycles. The molecular formula is C15H29N3OS. The van der Waals surface area contributed by atoms with Crippen LogP contribution in [0.4, 0.5) is 10.8 Å². The number of nitrogens with zero attached hydrogens (tertiary/aromatic N) is 1. The molecule has 0 fully saturated rings. The van der Waals surface area contributed by atoms with Gasteiger partial charge in [-0.25, -0.2) is 0 Å². The maximum Gasteiger partial charge on any atom is 0.197 e. The number of unbranched alkanes of at least 4 members (excludes halogenated alkanes) is 2. The fourth-order valence-electron chi connectivity index (χ4n) is 2.02.